The van der Waals surface area contributed by atoms with Crippen molar-refractivity contribution in [2.45, 2.75) is 13.5 Å². The smallest absolute Gasteiger partial charge is 0.370 e. The minimum Gasteiger partial charge on any atom is -0.488 e. The second kappa shape index (κ2) is 5.43. The van der Waals surface area contributed by atoms with Gasteiger partial charge in [-0.2, -0.15) is 9.07 Å². The van der Waals surface area contributed by atoms with Crippen LogP contribution in [0.5, 0.6) is 5.75 Å². The van der Waals surface area contributed by atoms with Gasteiger partial charge in [0.05, 0.1) is 1.37 Å². The largest absolute Gasteiger partial charge is 0.488 e. The van der Waals surface area contributed by atoms with Crippen molar-refractivity contribution in [1.82, 2.24) is 24.9 Å². The quantitative estimate of drug-likeness (QED) is 0.714. The number of halogens is 1. The lowest BCUT2D eigenvalue weighted by Crippen LogP contribution is -2.22. The maximum Gasteiger partial charge on any atom is 0.370 e. The zero-order valence-electron chi connectivity index (χ0n) is 12.8. The van der Waals surface area contributed by atoms with Crippen LogP contribution in [0.3, 0.4) is 0 Å². The molecule has 0 N–H and O–H groups in total. The molecule has 0 saturated heterocycles. The first-order valence-electron chi connectivity index (χ1n) is 6.81. The van der Waals surface area contributed by atoms with E-state index in [-0.39, 0.29) is 18.1 Å². The van der Waals surface area contributed by atoms with Gasteiger partial charge in [-0.15, -0.1) is 4.68 Å². The average Bonchev–Trinajstić information content (AvgIpc) is 3.02. The molecular weight excluding hydrogens is 293 g/mol. The molecule has 22 heavy (non-hydrogen) atoms. The van der Waals surface area contributed by atoms with Gasteiger partial charge in [-0.1, -0.05) is 18.2 Å². The lowest BCUT2D eigenvalue weighted by Gasteiger charge is -2.07. The SMILES string of the molecule is [3H]c1ccc(OCc2c(F)noc2-n2nnn(C)c2=O)c(C)c1. The normalized spacial score (nSPS) is 11.5. The van der Waals surface area contributed by atoms with Gasteiger partial charge >= 0.3 is 5.69 Å². The minimum atomic E-state index is -0.896. The summed E-state index contributed by atoms with van der Waals surface area (Å²) in [5, 5.41) is 10.3. The molecular formula is C13H12FN5O3. The summed E-state index contributed by atoms with van der Waals surface area (Å²) in [6.07, 6.45) is 0. The molecule has 0 bridgehead atoms. The van der Waals surface area contributed by atoms with Crippen molar-refractivity contribution in [3.63, 3.8) is 0 Å². The number of hydrogen-bond donors (Lipinski definition) is 0. The van der Waals surface area contributed by atoms with Crippen molar-refractivity contribution in [1.29, 1.82) is 0 Å². The number of tetrazole rings is 1. The first-order valence-corrected chi connectivity index (χ1v) is 6.31. The summed E-state index contributed by atoms with van der Waals surface area (Å²) in [7, 11) is 1.40. The molecule has 0 radical (unpaired) electrons. The number of rotatable bonds is 4. The van der Waals surface area contributed by atoms with Crippen LogP contribution in [-0.2, 0) is 13.7 Å². The van der Waals surface area contributed by atoms with E-state index >= 15 is 0 Å². The van der Waals surface area contributed by atoms with E-state index in [4.69, 9.17) is 10.6 Å². The number of hydrogen-bond acceptors (Lipinski definition) is 6. The fraction of sp³-hybridized carbons (Fsp3) is 0.231. The highest BCUT2D eigenvalue weighted by Crippen LogP contribution is 2.21. The van der Waals surface area contributed by atoms with Crippen LogP contribution < -0.4 is 10.4 Å². The first-order chi connectivity index (χ1) is 11.0. The summed E-state index contributed by atoms with van der Waals surface area (Å²) in [6, 6.07) is 5.13. The predicted molar refractivity (Wildman–Crippen MR) is 72.1 cm³/mol. The Labute approximate surface area is 125 Å². The van der Waals surface area contributed by atoms with E-state index < -0.39 is 11.6 Å². The van der Waals surface area contributed by atoms with Gasteiger partial charge in [0.1, 0.15) is 17.9 Å². The van der Waals surface area contributed by atoms with Gasteiger partial charge < -0.3 is 9.26 Å². The van der Waals surface area contributed by atoms with Crippen molar-refractivity contribution in [2.75, 3.05) is 0 Å². The Bertz CT molecular complexity index is 917. The lowest BCUT2D eigenvalue weighted by molar-refractivity contribution is 0.296. The molecule has 2 aromatic heterocycles. The fourth-order valence-corrected chi connectivity index (χ4v) is 1.82. The molecule has 8 nitrogen and oxygen atoms in total. The van der Waals surface area contributed by atoms with Gasteiger partial charge in [0.15, 0.2) is 0 Å². The van der Waals surface area contributed by atoms with E-state index in [1.165, 1.54) is 7.05 Å². The first kappa shape index (κ1) is 12.7. The van der Waals surface area contributed by atoms with E-state index in [0.29, 0.717) is 11.8 Å². The Hall–Kier alpha value is -2.97. The van der Waals surface area contributed by atoms with Crippen molar-refractivity contribution < 1.29 is 15.0 Å². The van der Waals surface area contributed by atoms with Gasteiger partial charge in [0.25, 0.3) is 11.8 Å². The summed E-state index contributed by atoms with van der Waals surface area (Å²) >= 11 is 0. The molecule has 0 spiro atoms. The number of aromatic nitrogens is 5. The molecule has 0 aliphatic rings. The van der Waals surface area contributed by atoms with Crippen LogP contribution in [0, 0.1) is 12.9 Å². The maximum atomic E-state index is 13.8. The molecule has 0 aliphatic carbocycles. The third-order valence-corrected chi connectivity index (χ3v) is 3.02. The number of aryl methyl sites for hydroxylation is 2. The molecule has 0 amide bonds. The topological polar surface area (TPSA) is 88.0 Å². The highest BCUT2D eigenvalue weighted by Gasteiger charge is 2.22. The molecule has 0 aliphatic heterocycles. The van der Waals surface area contributed by atoms with Crippen LogP contribution in [0.15, 0.2) is 33.6 Å². The summed E-state index contributed by atoms with van der Waals surface area (Å²) < 4.78 is 33.5. The molecule has 0 fully saturated rings. The van der Waals surface area contributed by atoms with Crippen molar-refractivity contribution in [2.24, 2.45) is 7.05 Å². The van der Waals surface area contributed by atoms with E-state index in [1.54, 1.807) is 25.1 Å². The molecule has 0 unspecified atom stereocenters. The monoisotopic (exact) mass is 307 g/mol. The van der Waals surface area contributed by atoms with Crippen LogP contribution in [0.25, 0.3) is 5.88 Å². The number of benzene rings is 1. The molecule has 3 rings (SSSR count). The van der Waals surface area contributed by atoms with Gasteiger partial charge in [-0.25, -0.2) is 4.79 Å². The second-order valence-electron chi connectivity index (χ2n) is 4.53. The zero-order chi connectivity index (χ0) is 16.6. The minimum absolute atomic E-state index is 0.0537. The maximum absolute atomic E-state index is 13.8. The molecule has 3 aromatic rings. The Morgan fingerprint density at radius 2 is 2.27 bits per heavy atom. The zero-order valence-corrected chi connectivity index (χ0v) is 11.8. The lowest BCUT2D eigenvalue weighted by atomic mass is 10.2. The van der Waals surface area contributed by atoms with Crippen molar-refractivity contribution in [3.8, 4) is 11.6 Å². The van der Waals surface area contributed by atoms with Crippen molar-refractivity contribution >= 4 is 0 Å². The average molecular weight is 307 g/mol. The molecule has 1 aromatic carbocycles. The van der Waals surface area contributed by atoms with E-state index in [2.05, 4.69) is 15.6 Å². The van der Waals surface area contributed by atoms with Crippen LogP contribution in [0.1, 0.15) is 12.5 Å². The van der Waals surface area contributed by atoms with Gasteiger partial charge in [-0.05, 0) is 34.1 Å². The molecule has 0 saturated carbocycles. The third-order valence-electron chi connectivity index (χ3n) is 3.02. The second-order valence-corrected chi connectivity index (χ2v) is 4.53. The molecule has 2 heterocycles. The van der Waals surface area contributed by atoms with Crippen LogP contribution in [-0.4, -0.2) is 24.9 Å². The Morgan fingerprint density at radius 1 is 1.45 bits per heavy atom. The predicted octanol–water partition coefficient (Wildman–Crippen LogP) is 0.981. The van der Waals surface area contributed by atoms with Crippen LogP contribution in [0.2, 0.25) is 0 Å². The van der Waals surface area contributed by atoms with Crippen LogP contribution >= 0.6 is 0 Å². The standard InChI is InChI=1S/C13H12FN5O3/c1-8-5-3-4-6-10(8)21-7-9-11(14)15-22-12(9)19-13(20)18(2)16-17-19/h3-6H,7H2,1-2H3/i3T. The van der Waals surface area contributed by atoms with Crippen LogP contribution in [0.4, 0.5) is 4.39 Å². The van der Waals surface area contributed by atoms with E-state index in [9.17, 15) is 9.18 Å². The van der Waals surface area contributed by atoms with Gasteiger partial charge in [0.2, 0.25) is 0 Å². The Morgan fingerprint density at radius 3 is 2.95 bits per heavy atom. The third kappa shape index (κ3) is 2.36. The summed E-state index contributed by atoms with van der Waals surface area (Å²) in [6.45, 7) is 1.55. The molecule has 114 valence electrons. The molecule has 9 heteroatoms. The summed E-state index contributed by atoms with van der Waals surface area (Å²) in [5.74, 6) is -0.596. The highest BCUT2D eigenvalue weighted by atomic mass is 19.1. The number of nitrogens with zero attached hydrogens (tertiary/aromatic N) is 5. The number of para-hydroxylation sites is 1. The fourth-order valence-electron chi connectivity index (χ4n) is 1.82. The van der Waals surface area contributed by atoms with Gasteiger partial charge in [-0.3, -0.25) is 0 Å². The summed E-state index contributed by atoms with van der Waals surface area (Å²) in [5.41, 5.74) is 0.0756. The van der Waals surface area contributed by atoms with E-state index in [0.717, 1.165) is 14.9 Å². The molecule has 0 atom stereocenters. The van der Waals surface area contributed by atoms with E-state index in [1.807, 2.05) is 0 Å². The van der Waals surface area contributed by atoms with Crippen molar-refractivity contribution in [3.05, 3.63) is 51.8 Å². The summed E-state index contributed by atoms with van der Waals surface area (Å²) in [4.78, 5) is 11.8. The Kier molecular flexibility index (Phi) is 3.15. The van der Waals surface area contributed by atoms with Gasteiger partial charge in [0, 0.05) is 7.05 Å². The Balaban J connectivity index is 1.90. The number of ether oxygens (including phenoxy) is 1. The highest BCUT2D eigenvalue weighted by molar-refractivity contribution is 5.33.